The van der Waals surface area contributed by atoms with Gasteiger partial charge in [0, 0.05) is 17.8 Å². The van der Waals surface area contributed by atoms with Gasteiger partial charge in [0.15, 0.2) is 11.5 Å². The molecule has 0 saturated carbocycles. The Labute approximate surface area is 92.2 Å². The number of rotatable bonds is 1. The van der Waals surface area contributed by atoms with Crippen molar-refractivity contribution < 1.29 is 9.84 Å². The van der Waals surface area contributed by atoms with Gasteiger partial charge in [-0.15, -0.1) is 0 Å². The summed E-state index contributed by atoms with van der Waals surface area (Å²) in [6.45, 7) is 0. The van der Waals surface area contributed by atoms with Crippen LogP contribution in [0.4, 0.5) is 5.69 Å². The molecule has 80 valence electrons. The zero-order valence-corrected chi connectivity index (χ0v) is 8.69. The Kier molecular flexibility index (Phi) is 1.77. The predicted octanol–water partition coefficient (Wildman–Crippen LogP) is 2.35. The van der Waals surface area contributed by atoms with Crippen molar-refractivity contribution in [3.05, 3.63) is 30.2 Å². The predicted molar refractivity (Wildman–Crippen MR) is 62.6 cm³/mol. The number of anilines is 1. The first-order chi connectivity index (χ1) is 7.81. The molecule has 1 aliphatic rings. The number of pyridine rings is 1. The maximum absolute atomic E-state index is 10.00. The number of aromatic hydroxyl groups is 1. The molecule has 0 radical (unpaired) electrons. The molecule has 0 amide bonds. The molecule has 0 saturated heterocycles. The second-order valence-corrected chi connectivity index (χ2v) is 3.57. The molecule has 0 bridgehead atoms. The average molecular weight is 214 g/mol. The van der Waals surface area contributed by atoms with Crippen LogP contribution in [0.5, 0.6) is 11.5 Å². The van der Waals surface area contributed by atoms with E-state index in [0.717, 1.165) is 16.5 Å². The van der Waals surface area contributed by atoms with Gasteiger partial charge in [0.25, 0.3) is 0 Å². The van der Waals surface area contributed by atoms with E-state index >= 15 is 0 Å². The van der Waals surface area contributed by atoms with E-state index in [0.29, 0.717) is 11.4 Å². The van der Waals surface area contributed by atoms with Crippen molar-refractivity contribution in [3.63, 3.8) is 0 Å². The number of methoxy groups -OCH3 is 1. The molecule has 1 aliphatic heterocycles. The minimum absolute atomic E-state index is 0.119. The van der Waals surface area contributed by atoms with Crippen LogP contribution in [0.15, 0.2) is 24.5 Å². The molecule has 3 rings (SSSR count). The minimum atomic E-state index is 0.119. The summed E-state index contributed by atoms with van der Waals surface area (Å²) in [5.41, 5.74) is 1.50. The molecule has 2 aromatic rings. The Morgan fingerprint density at radius 1 is 1.44 bits per heavy atom. The number of benzene rings is 1. The van der Waals surface area contributed by atoms with E-state index < -0.39 is 0 Å². The van der Waals surface area contributed by atoms with E-state index in [4.69, 9.17) is 4.74 Å². The van der Waals surface area contributed by atoms with Gasteiger partial charge < -0.3 is 15.2 Å². The SMILES string of the molecule is COc1cc2ccnc3c2c(c1O)NC=C3. The second kappa shape index (κ2) is 3.13. The lowest BCUT2D eigenvalue weighted by Gasteiger charge is -2.16. The van der Waals surface area contributed by atoms with Crippen molar-refractivity contribution in [2.24, 2.45) is 0 Å². The van der Waals surface area contributed by atoms with Crippen molar-refractivity contribution in [3.8, 4) is 11.5 Å². The van der Waals surface area contributed by atoms with Gasteiger partial charge in [0.05, 0.1) is 18.5 Å². The van der Waals surface area contributed by atoms with Crippen molar-refractivity contribution in [1.29, 1.82) is 0 Å². The summed E-state index contributed by atoms with van der Waals surface area (Å²) in [7, 11) is 1.54. The van der Waals surface area contributed by atoms with Gasteiger partial charge in [-0.3, -0.25) is 4.98 Å². The van der Waals surface area contributed by atoms with Crippen LogP contribution in [0.25, 0.3) is 16.8 Å². The lowest BCUT2D eigenvalue weighted by molar-refractivity contribution is 0.375. The molecule has 4 heteroatoms. The number of hydrogen-bond donors (Lipinski definition) is 2. The lowest BCUT2D eigenvalue weighted by atomic mass is 10.0. The first-order valence-electron chi connectivity index (χ1n) is 4.93. The summed E-state index contributed by atoms with van der Waals surface area (Å²) in [6, 6.07) is 3.70. The molecule has 0 unspecified atom stereocenters. The smallest absolute Gasteiger partial charge is 0.182 e. The third-order valence-corrected chi connectivity index (χ3v) is 2.71. The van der Waals surface area contributed by atoms with Crippen LogP contribution >= 0.6 is 0 Å². The molecule has 0 fully saturated rings. The number of nitrogens with one attached hydrogen (secondary N) is 1. The Hall–Kier alpha value is -2.23. The largest absolute Gasteiger partial charge is 0.503 e. The summed E-state index contributed by atoms with van der Waals surface area (Å²) in [4.78, 5) is 4.26. The summed E-state index contributed by atoms with van der Waals surface area (Å²) in [6.07, 6.45) is 5.37. The van der Waals surface area contributed by atoms with Crippen LogP contribution in [0.2, 0.25) is 0 Å². The highest BCUT2D eigenvalue weighted by atomic mass is 16.5. The highest BCUT2D eigenvalue weighted by Crippen LogP contribution is 2.43. The van der Waals surface area contributed by atoms with Gasteiger partial charge in [-0.1, -0.05) is 0 Å². The fourth-order valence-corrected chi connectivity index (χ4v) is 1.96. The molecule has 0 aliphatic carbocycles. The fourth-order valence-electron chi connectivity index (χ4n) is 1.96. The molecule has 2 heterocycles. The lowest BCUT2D eigenvalue weighted by Crippen LogP contribution is -1.99. The zero-order valence-electron chi connectivity index (χ0n) is 8.69. The highest BCUT2D eigenvalue weighted by Gasteiger charge is 2.17. The molecular weight excluding hydrogens is 204 g/mol. The summed E-state index contributed by atoms with van der Waals surface area (Å²) < 4.78 is 5.13. The monoisotopic (exact) mass is 214 g/mol. The van der Waals surface area contributed by atoms with Gasteiger partial charge in [-0.2, -0.15) is 0 Å². The molecule has 4 nitrogen and oxygen atoms in total. The summed E-state index contributed by atoms with van der Waals surface area (Å²) in [5, 5.41) is 14.9. The van der Waals surface area contributed by atoms with Crippen LogP contribution in [-0.4, -0.2) is 17.2 Å². The van der Waals surface area contributed by atoms with Gasteiger partial charge in [0.1, 0.15) is 0 Å². The van der Waals surface area contributed by atoms with E-state index in [1.807, 2.05) is 12.1 Å². The van der Waals surface area contributed by atoms with E-state index in [9.17, 15) is 5.11 Å². The van der Waals surface area contributed by atoms with Crippen LogP contribution in [0.3, 0.4) is 0 Å². The molecule has 16 heavy (non-hydrogen) atoms. The second-order valence-electron chi connectivity index (χ2n) is 3.57. The highest BCUT2D eigenvalue weighted by molar-refractivity contribution is 6.05. The quantitative estimate of drug-likeness (QED) is 0.715. The van der Waals surface area contributed by atoms with Crippen LogP contribution in [-0.2, 0) is 0 Å². The first kappa shape index (κ1) is 9.03. The first-order valence-corrected chi connectivity index (χ1v) is 4.93. The summed E-state index contributed by atoms with van der Waals surface area (Å²) >= 11 is 0. The van der Waals surface area contributed by atoms with Crippen molar-refractivity contribution in [2.45, 2.75) is 0 Å². The Morgan fingerprint density at radius 2 is 2.31 bits per heavy atom. The van der Waals surface area contributed by atoms with Gasteiger partial charge in [0.2, 0.25) is 0 Å². The third-order valence-electron chi connectivity index (χ3n) is 2.71. The Bertz CT molecular complexity index is 605. The van der Waals surface area contributed by atoms with Gasteiger partial charge >= 0.3 is 0 Å². The zero-order chi connectivity index (χ0) is 11.1. The topological polar surface area (TPSA) is 54.4 Å². The number of phenolic OH excluding ortho intramolecular Hbond substituents is 1. The molecule has 1 aromatic heterocycles. The van der Waals surface area contributed by atoms with E-state index in [1.54, 1.807) is 18.5 Å². The molecule has 2 N–H and O–H groups in total. The van der Waals surface area contributed by atoms with Crippen LogP contribution < -0.4 is 10.1 Å². The number of hydrogen-bond acceptors (Lipinski definition) is 4. The Morgan fingerprint density at radius 3 is 3.12 bits per heavy atom. The molecular formula is C12H10N2O2. The Balaban J connectivity index is 2.48. The molecule has 0 atom stereocenters. The van der Waals surface area contributed by atoms with E-state index in [1.165, 1.54) is 7.11 Å². The standard InChI is InChI=1S/C12H10N2O2/c1-16-9-6-7-2-4-13-8-3-5-14-11(10(7)8)12(9)15/h2-6,14-15H,1H3. The molecule has 1 aromatic carbocycles. The van der Waals surface area contributed by atoms with Crippen LogP contribution in [0.1, 0.15) is 5.69 Å². The van der Waals surface area contributed by atoms with E-state index in [2.05, 4.69) is 10.3 Å². The maximum Gasteiger partial charge on any atom is 0.182 e. The van der Waals surface area contributed by atoms with Crippen LogP contribution in [0, 0.1) is 0 Å². The summed E-state index contributed by atoms with van der Waals surface area (Å²) in [5.74, 6) is 0.580. The third kappa shape index (κ3) is 1.07. The van der Waals surface area contributed by atoms with Gasteiger partial charge in [-0.25, -0.2) is 0 Å². The minimum Gasteiger partial charge on any atom is -0.503 e. The van der Waals surface area contributed by atoms with Crippen molar-refractivity contribution in [2.75, 3.05) is 12.4 Å². The number of aromatic nitrogens is 1. The normalized spacial score (nSPS) is 12.6. The number of ether oxygens (including phenoxy) is 1. The van der Waals surface area contributed by atoms with E-state index in [-0.39, 0.29) is 5.75 Å². The number of nitrogens with zero attached hydrogens (tertiary/aromatic N) is 1. The molecule has 0 spiro atoms. The average Bonchev–Trinajstić information content (AvgIpc) is 2.33. The van der Waals surface area contributed by atoms with Crippen molar-refractivity contribution >= 4 is 22.5 Å². The fraction of sp³-hybridized carbons (Fsp3) is 0.0833. The maximum atomic E-state index is 10.00. The van der Waals surface area contributed by atoms with Crippen molar-refractivity contribution in [1.82, 2.24) is 4.98 Å². The van der Waals surface area contributed by atoms with Gasteiger partial charge in [-0.05, 0) is 23.6 Å². The number of phenols is 1.